The number of benzene rings is 1. The van der Waals surface area contributed by atoms with Crippen molar-refractivity contribution in [2.75, 3.05) is 39.5 Å². The molecule has 1 aromatic carbocycles. The van der Waals surface area contributed by atoms with Gasteiger partial charge in [0, 0.05) is 48.3 Å². The standard InChI is InChI=1S/C51H66N6O13/c1-4-11-46-69-39-24-35-34-16-15-32-23-33(58)19-20-49(32,2)47(34)37(59)25-50(35,3)51(39,70-46)38(60)29-68-30-55-42(63)27-54-48(67)36(22-31-12-7-5-8-13-31)56-43(64)28-53-41(62)26-52-40(61)14-9-6-10-21-57-44(65)17-18-45(57)66/h5,7-8,12-13,17-20,23,34-37,39,46-47,59H,4,6,9-11,14-16,21-22,24-30H2,1-3H3,(H,52,61)(H,53,62)(H,54,67)(H,55,63)(H,56,64)/t34-,35-,36-,37-,39+,46+,47+,49-,50-,51+/m0/s1. The van der Waals surface area contributed by atoms with Gasteiger partial charge in [-0.1, -0.05) is 75.6 Å². The molecule has 6 aliphatic rings. The first-order valence-corrected chi connectivity index (χ1v) is 24.5. The number of carbonyl (C=O) groups is 9. The molecule has 10 atom stereocenters. The third kappa shape index (κ3) is 11.2. The van der Waals surface area contributed by atoms with Crippen molar-refractivity contribution in [3.63, 3.8) is 0 Å². The fourth-order valence-corrected chi connectivity index (χ4v) is 11.9. The Bertz CT molecular complexity index is 2280. The van der Waals surface area contributed by atoms with Crippen LogP contribution in [-0.4, -0.2) is 133 Å². The summed E-state index contributed by atoms with van der Waals surface area (Å²) >= 11 is 0. The Hall–Kier alpha value is -5.89. The van der Waals surface area contributed by atoms with Crippen LogP contribution in [-0.2, 0) is 63.8 Å². The minimum atomic E-state index is -1.39. The van der Waals surface area contributed by atoms with Crippen LogP contribution in [0.25, 0.3) is 0 Å². The molecule has 70 heavy (non-hydrogen) atoms. The second kappa shape index (κ2) is 22.5. The Morgan fingerprint density at radius 1 is 0.871 bits per heavy atom. The van der Waals surface area contributed by atoms with Gasteiger partial charge in [-0.15, -0.1) is 0 Å². The van der Waals surface area contributed by atoms with Gasteiger partial charge in [-0.2, -0.15) is 0 Å². The summed E-state index contributed by atoms with van der Waals surface area (Å²) in [5, 5.41) is 24.6. The number of hydrogen-bond acceptors (Lipinski definition) is 13. The zero-order valence-electron chi connectivity index (χ0n) is 40.1. The monoisotopic (exact) mass is 970 g/mol. The Labute approximate surface area is 407 Å². The third-order valence-corrected chi connectivity index (χ3v) is 15.3. The molecule has 0 aromatic heterocycles. The van der Waals surface area contributed by atoms with Gasteiger partial charge >= 0.3 is 0 Å². The molecule has 4 aliphatic carbocycles. The van der Waals surface area contributed by atoms with Crippen molar-refractivity contribution < 1.29 is 62.5 Å². The van der Waals surface area contributed by atoms with Crippen molar-refractivity contribution in [3.8, 4) is 0 Å². The number of nitrogens with zero attached hydrogens (tertiary/aromatic N) is 1. The number of aliphatic hydroxyl groups excluding tert-OH is 1. The SMILES string of the molecule is CCC[C@@H]1O[C@@H]2C[C@H]3[C@@H]4CCC5=CC(=O)C=C[C@]5(C)[C@H]4[C@@H](O)C[C@]3(C)[C@]2(C(=O)COCNC(=O)CNC(=O)[C@H](Cc2ccccc2)NC(=O)CNC(=O)CNC(=O)CCCCCN2C(=O)C=CC2=O)O1. The topological polar surface area (TPSA) is 265 Å². The number of fused-ring (bicyclic) bond motifs is 7. The third-order valence-electron chi connectivity index (χ3n) is 15.3. The minimum absolute atomic E-state index is 0.0128. The van der Waals surface area contributed by atoms with Gasteiger partial charge in [-0.3, -0.25) is 48.1 Å². The molecule has 19 heteroatoms. The van der Waals surface area contributed by atoms with Crippen LogP contribution < -0.4 is 26.6 Å². The largest absolute Gasteiger partial charge is 0.393 e. The van der Waals surface area contributed by atoms with Crippen molar-refractivity contribution in [2.45, 2.75) is 122 Å². The van der Waals surface area contributed by atoms with E-state index in [1.54, 1.807) is 42.5 Å². The van der Waals surface area contributed by atoms with Crippen molar-refractivity contribution in [2.24, 2.45) is 28.6 Å². The van der Waals surface area contributed by atoms with Gasteiger partial charge in [0.15, 0.2) is 23.5 Å². The molecule has 0 unspecified atom stereocenters. The van der Waals surface area contributed by atoms with Crippen LogP contribution in [0.5, 0.6) is 0 Å². The zero-order valence-corrected chi connectivity index (χ0v) is 40.1. The maximum absolute atomic E-state index is 14.5. The highest BCUT2D eigenvalue weighted by Crippen LogP contribution is 2.69. The Morgan fingerprint density at radius 3 is 2.31 bits per heavy atom. The number of unbranched alkanes of at least 4 members (excludes halogenated alkanes) is 2. The molecule has 6 N–H and O–H groups in total. The average molecular weight is 971 g/mol. The molecule has 0 radical (unpaired) electrons. The molecule has 2 aliphatic heterocycles. The smallest absolute Gasteiger partial charge is 0.253 e. The molecule has 0 bridgehead atoms. The fraction of sp³-hybridized carbons (Fsp3) is 0.588. The summed E-state index contributed by atoms with van der Waals surface area (Å²) in [6, 6.07) is 7.74. The van der Waals surface area contributed by atoms with Gasteiger partial charge in [0.25, 0.3) is 11.8 Å². The van der Waals surface area contributed by atoms with Crippen LogP contribution in [0.2, 0.25) is 0 Å². The van der Waals surface area contributed by atoms with E-state index in [9.17, 15) is 48.3 Å². The van der Waals surface area contributed by atoms with E-state index in [0.29, 0.717) is 44.9 Å². The lowest BCUT2D eigenvalue weighted by Gasteiger charge is -2.59. The minimum Gasteiger partial charge on any atom is -0.393 e. The number of Topliss-reactive ketones (excluding diaryl/α,β-unsaturated/α-hetero) is 1. The summed E-state index contributed by atoms with van der Waals surface area (Å²) in [5.41, 5.74) is -0.916. The molecule has 19 nitrogen and oxygen atoms in total. The maximum Gasteiger partial charge on any atom is 0.253 e. The van der Waals surface area contributed by atoms with Crippen LogP contribution in [0.3, 0.4) is 0 Å². The summed E-state index contributed by atoms with van der Waals surface area (Å²) in [6.45, 7) is 4.26. The van der Waals surface area contributed by atoms with Crippen LogP contribution >= 0.6 is 0 Å². The predicted molar refractivity (Wildman–Crippen MR) is 250 cm³/mol. The summed E-state index contributed by atoms with van der Waals surface area (Å²) < 4.78 is 18.9. The number of imide groups is 1. The highest BCUT2D eigenvalue weighted by Gasteiger charge is 2.75. The zero-order chi connectivity index (χ0) is 50.2. The molecule has 1 aromatic rings. The molecule has 7 rings (SSSR count). The van der Waals surface area contributed by atoms with Gasteiger partial charge in [0.05, 0.1) is 31.8 Å². The number of allylic oxidation sites excluding steroid dienone is 4. The van der Waals surface area contributed by atoms with Crippen molar-refractivity contribution in [1.29, 1.82) is 0 Å². The molecule has 7 amide bonds. The highest BCUT2D eigenvalue weighted by molar-refractivity contribution is 6.12. The molecule has 1 saturated heterocycles. The van der Waals surface area contributed by atoms with E-state index >= 15 is 0 Å². The van der Waals surface area contributed by atoms with Gasteiger partial charge < -0.3 is 45.9 Å². The van der Waals surface area contributed by atoms with Gasteiger partial charge in [0.1, 0.15) is 19.4 Å². The van der Waals surface area contributed by atoms with Crippen molar-refractivity contribution in [3.05, 3.63) is 71.8 Å². The number of hydrogen-bond donors (Lipinski definition) is 6. The van der Waals surface area contributed by atoms with Crippen LogP contribution in [0.15, 0.2) is 66.3 Å². The quantitative estimate of drug-likeness (QED) is 0.0515. The van der Waals surface area contributed by atoms with E-state index in [0.717, 1.165) is 28.9 Å². The lowest BCUT2D eigenvalue weighted by Crippen LogP contribution is -2.63. The number of carbonyl (C=O) groups excluding carboxylic acids is 9. The van der Waals surface area contributed by atoms with E-state index in [2.05, 4.69) is 33.5 Å². The first-order chi connectivity index (χ1) is 33.5. The van der Waals surface area contributed by atoms with Gasteiger partial charge in [0.2, 0.25) is 29.5 Å². The molecule has 3 saturated carbocycles. The maximum atomic E-state index is 14.5. The molecular weight excluding hydrogens is 905 g/mol. The predicted octanol–water partition coefficient (Wildman–Crippen LogP) is 1.38. The lowest BCUT2D eigenvalue weighted by atomic mass is 9.46. The van der Waals surface area contributed by atoms with Crippen LogP contribution in [0.1, 0.15) is 90.5 Å². The van der Waals surface area contributed by atoms with E-state index in [1.165, 1.54) is 12.2 Å². The Kier molecular flexibility index (Phi) is 16.7. The number of aliphatic hydroxyl groups is 1. The van der Waals surface area contributed by atoms with Gasteiger partial charge in [-0.25, -0.2) is 0 Å². The highest BCUT2D eigenvalue weighted by atomic mass is 16.7. The molecule has 4 fully saturated rings. The fourth-order valence-electron chi connectivity index (χ4n) is 11.9. The van der Waals surface area contributed by atoms with E-state index in [-0.39, 0.29) is 79.7 Å². The lowest BCUT2D eigenvalue weighted by molar-refractivity contribution is -0.201. The normalized spacial score (nSPS) is 29.8. The molecule has 2 heterocycles. The number of rotatable bonds is 23. The second-order valence-corrected chi connectivity index (χ2v) is 19.7. The first kappa shape index (κ1) is 51.9. The van der Waals surface area contributed by atoms with Crippen LogP contribution in [0, 0.1) is 28.6 Å². The van der Waals surface area contributed by atoms with Crippen LogP contribution in [0.4, 0.5) is 0 Å². The van der Waals surface area contributed by atoms with Crippen molar-refractivity contribution in [1.82, 2.24) is 31.5 Å². The summed E-state index contributed by atoms with van der Waals surface area (Å²) in [6.07, 6.45) is 11.2. The molecule has 378 valence electrons. The molecular formula is C51H66N6O13. The van der Waals surface area contributed by atoms with Gasteiger partial charge in [-0.05, 0) is 74.5 Å². The summed E-state index contributed by atoms with van der Waals surface area (Å²) in [7, 11) is 0. The Morgan fingerprint density at radius 2 is 1.57 bits per heavy atom. The number of ketones is 2. The Balaban J connectivity index is 0.857. The molecule has 0 spiro atoms. The number of ether oxygens (including phenoxy) is 3. The number of nitrogens with one attached hydrogen (secondary N) is 5. The summed E-state index contributed by atoms with van der Waals surface area (Å²) in [4.78, 5) is 115. The second-order valence-electron chi connectivity index (χ2n) is 19.7. The van der Waals surface area contributed by atoms with E-state index in [4.69, 9.17) is 14.2 Å². The van der Waals surface area contributed by atoms with Crippen molar-refractivity contribution >= 4 is 52.9 Å². The average Bonchev–Trinajstić information content (AvgIpc) is 3.95. The summed E-state index contributed by atoms with van der Waals surface area (Å²) in [5.74, 6) is -4.21. The first-order valence-electron chi connectivity index (χ1n) is 24.5. The van der Waals surface area contributed by atoms with E-state index in [1.807, 2.05) is 19.9 Å². The number of amides is 7. The van der Waals surface area contributed by atoms with E-state index < -0.39 is 84.3 Å².